The van der Waals surface area contributed by atoms with Crippen LogP contribution in [0.25, 0.3) is 11.6 Å². The monoisotopic (exact) mass is 282 g/mol. The third-order valence-corrected chi connectivity index (χ3v) is 3.08. The quantitative estimate of drug-likeness (QED) is 0.775. The van der Waals surface area contributed by atoms with Gasteiger partial charge in [0.2, 0.25) is 0 Å². The third kappa shape index (κ3) is 3.82. The molecule has 8 heteroatoms. The number of carbonyl (C=O) groups is 1. The maximum atomic E-state index is 10.4. The van der Waals surface area contributed by atoms with Gasteiger partial charge in [-0.1, -0.05) is 18.7 Å². The Hall–Kier alpha value is -1.83. The van der Waals surface area contributed by atoms with Crippen LogP contribution in [0.5, 0.6) is 0 Å². The van der Waals surface area contributed by atoms with E-state index in [0.29, 0.717) is 22.6 Å². The minimum atomic E-state index is -0.842. The van der Waals surface area contributed by atoms with Crippen LogP contribution >= 0.6 is 11.8 Å². The SMILES string of the molecule is CCCn1ccc(-c2nnc(SCCC(=O)O)o2)n1. The number of nitrogens with zero attached hydrogens (tertiary/aromatic N) is 4. The zero-order valence-corrected chi connectivity index (χ0v) is 11.3. The van der Waals surface area contributed by atoms with Gasteiger partial charge in [0.15, 0.2) is 0 Å². The predicted molar refractivity (Wildman–Crippen MR) is 68.8 cm³/mol. The molecule has 0 radical (unpaired) electrons. The molecule has 2 aromatic rings. The lowest BCUT2D eigenvalue weighted by molar-refractivity contribution is -0.136. The molecule has 0 atom stereocenters. The highest BCUT2D eigenvalue weighted by Gasteiger charge is 2.12. The van der Waals surface area contributed by atoms with Crippen LogP contribution < -0.4 is 0 Å². The summed E-state index contributed by atoms with van der Waals surface area (Å²) >= 11 is 1.23. The molecule has 102 valence electrons. The Morgan fingerprint density at radius 1 is 1.53 bits per heavy atom. The molecule has 0 aromatic carbocycles. The molecule has 0 unspecified atom stereocenters. The summed E-state index contributed by atoms with van der Waals surface area (Å²) in [6.07, 6.45) is 2.93. The van der Waals surface area contributed by atoms with Crippen molar-refractivity contribution in [3.63, 3.8) is 0 Å². The molecule has 19 heavy (non-hydrogen) atoms. The van der Waals surface area contributed by atoms with E-state index in [4.69, 9.17) is 9.52 Å². The molecule has 1 N–H and O–H groups in total. The molecule has 7 nitrogen and oxygen atoms in total. The number of aliphatic carboxylic acids is 1. The zero-order chi connectivity index (χ0) is 13.7. The van der Waals surface area contributed by atoms with Gasteiger partial charge in [-0.2, -0.15) is 5.10 Å². The van der Waals surface area contributed by atoms with Crippen molar-refractivity contribution in [2.24, 2.45) is 0 Å². The topological polar surface area (TPSA) is 94.0 Å². The highest BCUT2D eigenvalue weighted by Crippen LogP contribution is 2.22. The summed E-state index contributed by atoms with van der Waals surface area (Å²) in [4.78, 5) is 10.4. The second kappa shape index (κ2) is 6.37. The molecule has 0 bridgehead atoms. The summed E-state index contributed by atoms with van der Waals surface area (Å²) in [5.41, 5.74) is 0.631. The van der Waals surface area contributed by atoms with Crippen molar-refractivity contribution in [3.8, 4) is 11.6 Å². The molecule has 2 rings (SSSR count). The Morgan fingerprint density at radius 2 is 2.37 bits per heavy atom. The molecule has 0 spiro atoms. The van der Waals surface area contributed by atoms with Crippen molar-refractivity contribution < 1.29 is 14.3 Å². The highest BCUT2D eigenvalue weighted by molar-refractivity contribution is 7.99. The number of rotatable bonds is 7. The molecule has 0 aliphatic rings. The first-order chi connectivity index (χ1) is 9.19. The second-order valence-electron chi connectivity index (χ2n) is 3.83. The molecule has 2 heterocycles. The van der Waals surface area contributed by atoms with Gasteiger partial charge in [-0.05, 0) is 12.5 Å². The fourth-order valence-electron chi connectivity index (χ4n) is 1.43. The summed E-state index contributed by atoms with van der Waals surface area (Å²) in [5.74, 6) is -0.0837. The van der Waals surface area contributed by atoms with Crippen molar-refractivity contribution in [3.05, 3.63) is 12.3 Å². The van der Waals surface area contributed by atoms with Crippen molar-refractivity contribution in [1.82, 2.24) is 20.0 Å². The predicted octanol–water partition coefficient (Wildman–Crippen LogP) is 1.91. The third-order valence-electron chi connectivity index (χ3n) is 2.26. The Kier molecular flexibility index (Phi) is 4.56. The number of thioether (sulfide) groups is 1. The molecule has 2 aromatic heterocycles. The molecule has 0 aliphatic heterocycles. The summed E-state index contributed by atoms with van der Waals surface area (Å²) < 4.78 is 7.23. The number of aromatic nitrogens is 4. The van der Waals surface area contributed by atoms with E-state index in [9.17, 15) is 4.79 Å². The fourth-order valence-corrected chi connectivity index (χ4v) is 2.11. The van der Waals surface area contributed by atoms with Crippen molar-refractivity contribution in [2.45, 2.75) is 31.5 Å². The van der Waals surface area contributed by atoms with Crippen LogP contribution in [0, 0.1) is 0 Å². The lowest BCUT2D eigenvalue weighted by Crippen LogP contribution is -1.96. The van der Waals surface area contributed by atoms with E-state index in [1.54, 1.807) is 0 Å². The van der Waals surface area contributed by atoms with Gasteiger partial charge in [0.05, 0.1) is 6.42 Å². The van der Waals surface area contributed by atoms with E-state index in [-0.39, 0.29) is 6.42 Å². The smallest absolute Gasteiger partial charge is 0.304 e. The van der Waals surface area contributed by atoms with E-state index >= 15 is 0 Å². The average molecular weight is 282 g/mol. The van der Waals surface area contributed by atoms with Crippen LogP contribution in [0.4, 0.5) is 0 Å². The first-order valence-corrected chi connectivity index (χ1v) is 6.89. The van der Waals surface area contributed by atoms with Gasteiger partial charge in [0.25, 0.3) is 11.1 Å². The van der Waals surface area contributed by atoms with Crippen molar-refractivity contribution in [2.75, 3.05) is 5.75 Å². The van der Waals surface area contributed by atoms with Crippen LogP contribution in [-0.2, 0) is 11.3 Å². The van der Waals surface area contributed by atoms with E-state index in [2.05, 4.69) is 22.2 Å². The number of aryl methyl sites for hydroxylation is 1. The molecular formula is C11H14N4O3S. The normalized spacial score (nSPS) is 10.8. The van der Waals surface area contributed by atoms with Crippen LogP contribution in [0.1, 0.15) is 19.8 Å². The van der Waals surface area contributed by atoms with Gasteiger partial charge in [-0.25, -0.2) is 0 Å². The first kappa shape index (κ1) is 13.6. The maximum absolute atomic E-state index is 10.4. The minimum absolute atomic E-state index is 0.0630. The van der Waals surface area contributed by atoms with E-state index < -0.39 is 5.97 Å². The van der Waals surface area contributed by atoms with E-state index in [1.165, 1.54) is 11.8 Å². The fraction of sp³-hybridized carbons (Fsp3) is 0.455. The lowest BCUT2D eigenvalue weighted by Gasteiger charge is -1.94. The van der Waals surface area contributed by atoms with Gasteiger partial charge < -0.3 is 9.52 Å². The Balaban J connectivity index is 1.97. The number of hydrogen-bond acceptors (Lipinski definition) is 6. The average Bonchev–Trinajstić information content (AvgIpc) is 2.98. The molecule has 0 saturated carbocycles. The van der Waals surface area contributed by atoms with Crippen LogP contribution in [0.3, 0.4) is 0 Å². The van der Waals surface area contributed by atoms with E-state index in [1.807, 2.05) is 16.9 Å². The van der Waals surface area contributed by atoms with Crippen LogP contribution in [0.15, 0.2) is 21.9 Å². The Bertz CT molecular complexity index is 552. The van der Waals surface area contributed by atoms with Gasteiger partial charge in [0, 0.05) is 18.5 Å². The minimum Gasteiger partial charge on any atom is -0.481 e. The molecule has 0 aliphatic carbocycles. The van der Waals surface area contributed by atoms with Crippen molar-refractivity contribution >= 4 is 17.7 Å². The zero-order valence-electron chi connectivity index (χ0n) is 10.4. The Labute approximate surface area is 114 Å². The number of carboxylic acid groups (broad SMARTS) is 1. The summed E-state index contributed by atoms with van der Waals surface area (Å²) in [6, 6.07) is 1.81. The molecule has 0 amide bonds. The highest BCUT2D eigenvalue weighted by atomic mass is 32.2. The first-order valence-electron chi connectivity index (χ1n) is 5.91. The van der Waals surface area contributed by atoms with Gasteiger partial charge in [-0.3, -0.25) is 9.48 Å². The molecule has 0 fully saturated rings. The van der Waals surface area contributed by atoms with Gasteiger partial charge >= 0.3 is 5.97 Å². The lowest BCUT2D eigenvalue weighted by atomic mass is 10.4. The number of hydrogen-bond donors (Lipinski definition) is 1. The Morgan fingerprint density at radius 3 is 3.11 bits per heavy atom. The van der Waals surface area contributed by atoms with Crippen molar-refractivity contribution in [1.29, 1.82) is 0 Å². The maximum Gasteiger partial charge on any atom is 0.304 e. The summed E-state index contributed by atoms with van der Waals surface area (Å²) in [6.45, 7) is 2.92. The van der Waals surface area contributed by atoms with Crippen LogP contribution in [-0.4, -0.2) is 36.8 Å². The summed E-state index contributed by atoms with van der Waals surface area (Å²) in [7, 11) is 0. The second-order valence-corrected chi connectivity index (χ2v) is 4.88. The number of carboxylic acids is 1. The largest absolute Gasteiger partial charge is 0.481 e. The standard InChI is InChI=1S/C11H14N4O3S/c1-2-5-15-6-3-8(14-15)10-12-13-11(18-10)19-7-4-9(16)17/h3,6H,2,4-5,7H2,1H3,(H,16,17). The molecule has 0 saturated heterocycles. The summed E-state index contributed by atoms with van der Waals surface area (Å²) in [5, 5.41) is 21.0. The van der Waals surface area contributed by atoms with E-state index in [0.717, 1.165) is 13.0 Å². The van der Waals surface area contributed by atoms with Crippen LogP contribution in [0.2, 0.25) is 0 Å². The molecular weight excluding hydrogens is 268 g/mol. The van der Waals surface area contributed by atoms with Gasteiger partial charge in [-0.15, -0.1) is 10.2 Å². The van der Waals surface area contributed by atoms with Gasteiger partial charge in [0.1, 0.15) is 5.69 Å².